The molecule has 6 heteroatoms. The van der Waals surface area contributed by atoms with E-state index in [0.29, 0.717) is 22.9 Å². The highest BCUT2D eigenvalue weighted by molar-refractivity contribution is 6.04. The van der Waals surface area contributed by atoms with Crippen molar-refractivity contribution in [2.75, 3.05) is 12.4 Å². The Balaban J connectivity index is 1.71. The van der Waals surface area contributed by atoms with Crippen molar-refractivity contribution >= 4 is 11.6 Å². The van der Waals surface area contributed by atoms with Gasteiger partial charge >= 0.3 is 0 Å². The number of hydrogen-bond acceptors (Lipinski definition) is 4. The lowest BCUT2D eigenvalue weighted by molar-refractivity contribution is 0.102. The SMILES string of the molecule is COc1cc(F)ccc1NC(=O)c1ccc(Oc2ccccc2)nc1. The van der Waals surface area contributed by atoms with Crippen molar-refractivity contribution in [3.05, 3.63) is 78.2 Å². The van der Waals surface area contributed by atoms with Gasteiger partial charge in [0.05, 0.1) is 18.4 Å². The van der Waals surface area contributed by atoms with Gasteiger partial charge in [0.25, 0.3) is 5.91 Å². The topological polar surface area (TPSA) is 60.5 Å². The number of nitrogens with one attached hydrogen (secondary N) is 1. The molecule has 1 aromatic heterocycles. The molecule has 0 saturated heterocycles. The summed E-state index contributed by atoms with van der Waals surface area (Å²) in [6.07, 6.45) is 1.41. The van der Waals surface area contributed by atoms with E-state index in [4.69, 9.17) is 9.47 Å². The second-order valence-electron chi connectivity index (χ2n) is 5.10. The summed E-state index contributed by atoms with van der Waals surface area (Å²) in [5.41, 5.74) is 0.713. The normalized spacial score (nSPS) is 10.2. The number of benzene rings is 2. The number of carbonyl (C=O) groups is 1. The maximum absolute atomic E-state index is 13.2. The van der Waals surface area contributed by atoms with Crippen LogP contribution in [0.3, 0.4) is 0 Å². The van der Waals surface area contributed by atoms with Crippen LogP contribution < -0.4 is 14.8 Å². The first kappa shape index (κ1) is 16.4. The number of anilines is 1. The van der Waals surface area contributed by atoms with Gasteiger partial charge in [-0.25, -0.2) is 9.37 Å². The number of ether oxygens (including phenoxy) is 2. The number of methoxy groups -OCH3 is 1. The van der Waals surface area contributed by atoms with Gasteiger partial charge in [0.1, 0.15) is 17.3 Å². The molecule has 0 aliphatic rings. The summed E-state index contributed by atoms with van der Waals surface area (Å²) in [5.74, 6) is 0.443. The molecule has 2 aromatic carbocycles. The van der Waals surface area contributed by atoms with Gasteiger partial charge < -0.3 is 14.8 Å². The highest BCUT2D eigenvalue weighted by Gasteiger charge is 2.11. The molecule has 0 bridgehead atoms. The van der Waals surface area contributed by atoms with Gasteiger partial charge in [-0.1, -0.05) is 18.2 Å². The van der Waals surface area contributed by atoms with E-state index in [1.807, 2.05) is 30.3 Å². The molecule has 5 nitrogen and oxygen atoms in total. The predicted octanol–water partition coefficient (Wildman–Crippen LogP) is 4.27. The van der Waals surface area contributed by atoms with Crippen LogP contribution in [0.2, 0.25) is 0 Å². The molecule has 126 valence electrons. The molecule has 0 aliphatic heterocycles. The van der Waals surface area contributed by atoms with E-state index in [1.165, 1.54) is 31.5 Å². The van der Waals surface area contributed by atoms with Crippen LogP contribution in [0.4, 0.5) is 10.1 Å². The highest BCUT2D eigenvalue weighted by atomic mass is 19.1. The van der Waals surface area contributed by atoms with Crippen LogP contribution in [-0.4, -0.2) is 18.0 Å². The second-order valence-corrected chi connectivity index (χ2v) is 5.10. The number of aromatic nitrogens is 1. The standard InChI is InChI=1S/C19H15FN2O3/c1-24-17-11-14(20)8-9-16(17)22-19(23)13-7-10-18(21-12-13)25-15-5-3-2-4-6-15/h2-12H,1H3,(H,22,23). The first-order valence-corrected chi connectivity index (χ1v) is 7.49. The van der Waals surface area contributed by atoms with E-state index in [-0.39, 0.29) is 11.7 Å². The van der Waals surface area contributed by atoms with Crippen molar-refractivity contribution < 1.29 is 18.7 Å². The Bertz CT molecular complexity index is 868. The lowest BCUT2D eigenvalue weighted by atomic mass is 10.2. The summed E-state index contributed by atoms with van der Waals surface area (Å²) in [6, 6.07) is 16.3. The fourth-order valence-electron chi connectivity index (χ4n) is 2.15. The molecule has 0 radical (unpaired) electrons. The minimum absolute atomic E-state index is 0.241. The Morgan fingerprint density at radius 2 is 1.88 bits per heavy atom. The third-order valence-corrected chi connectivity index (χ3v) is 3.38. The van der Waals surface area contributed by atoms with Crippen LogP contribution in [0.25, 0.3) is 0 Å². The molecule has 25 heavy (non-hydrogen) atoms. The van der Waals surface area contributed by atoms with Gasteiger partial charge in [-0.2, -0.15) is 0 Å². The quantitative estimate of drug-likeness (QED) is 0.754. The minimum atomic E-state index is -0.445. The number of hydrogen-bond donors (Lipinski definition) is 1. The summed E-state index contributed by atoms with van der Waals surface area (Å²) in [4.78, 5) is 16.4. The van der Waals surface area contributed by atoms with Crippen molar-refractivity contribution in [1.82, 2.24) is 4.98 Å². The van der Waals surface area contributed by atoms with Crippen LogP contribution in [0.1, 0.15) is 10.4 Å². The predicted molar refractivity (Wildman–Crippen MR) is 91.7 cm³/mol. The molecule has 1 amide bonds. The van der Waals surface area contributed by atoms with E-state index in [2.05, 4.69) is 10.3 Å². The first-order valence-electron chi connectivity index (χ1n) is 7.49. The number of carbonyl (C=O) groups excluding carboxylic acids is 1. The zero-order valence-electron chi connectivity index (χ0n) is 13.4. The van der Waals surface area contributed by atoms with Gasteiger partial charge in [-0.3, -0.25) is 4.79 Å². The lowest BCUT2D eigenvalue weighted by Crippen LogP contribution is -2.13. The molecule has 0 unspecified atom stereocenters. The zero-order chi connectivity index (χ0) is 17.6. The number of para-hydroxylation sites is 1. The van der Waals surface area contributed by atoms with Crippen LogP contribution in [0.15, 0.2) is 66.9 Å². The van der Waals surface area contributed by atoms with E-state index >= 15 is 0 Å². The Labute approximate surface area is 144 Å². The molecule has 3 rings (SSSR count). The number of amides is 1. The maximum atomic E-state index is 13.2. The van der Waals surface area contributed by atoms with Gasteiger partial charge in [0, 0.05) is 18.3 Å². The molecule has 0 atom stereocenters. The third-order valence-electron chi connectivity index (χ3n) is 3.38. The number of halogens is 1. The molecular weight excluding hydrogens is 323 g/mol. The molecule has 0 fully saturated rings. The minimum Gasteiger partial charge on any atom is -0.494 e. The Kier molecular flexibility index (Phi) is 4.89. The summed E-state index contributed by atoms with van der Waals surface area (Å²) < 4.78 is 23.8. The maximum Gasteiger partial charge on any atom is 0.257 e. The third kappa shape index (κ3) is 4.11. The van der Waals surface area contributed by atoms with Crippen LogP contribution >= 0.6 is 0 Å². The van der Waals surface area contributed by atoms with E-state index in [1.54, 1.807) is 12.1 Å². The Hall–Kier alpha value is -3.41. The molecule has 0 spiro atoms. The zero-order valence-corrected chi connectivity index (χ0v) is 13.4. The van der Waals surface area contributed by atoms with Crippen molar-refractivity contribution in [1.29, 1.82) is 0 Å². The molecule has 1 N–H and O–H groups in total. The van der Waals surface area contributed by atoms with E-state index in [9.17, 15) is 9.18 Å². The van der Waals surface area contributed by atoms with Crippen LogP contribution in [-0.2, 0) is 0 Å². The monoisotopic (exact) mass is 338 g/mol. The molecule has 0 saturated carbocycles. The smallest absolute Gasteiger partial charge is 0.257 e. The van der Waals surface area contributed by atoms with Crippen molar-refractivity contribution in [2.45, 2.75) is 0 Å². The second kappa shape index (κ2) is 7.44. The van der Waals surface area contributed by atoms with Crippen LogP contribution in [0.5, 0.6) is 17.4 Å². The number of pyridine rings is 1. The summed E-state index contributed by atoms with van der Waals surface area (Å²) in [5, 5.41) is 2.66. The summed E-state index contributed by atoms with van der Waals surface area (Å²) in [7, 11) is 1.40. The number of nitrogens with zero attached hydrogens (tertiary/aromatic N) is 1. The van der Waals surface area contributed by atoms with E-state index < -0.39 is 5.82 Å². The van der Waals surface area contributed by atoms with Crippen molar-refractivity contribution in [3.63, 3.8) is 0 Å². The first-order chi connectivity index (χ1) is 12.2. The summed E-state index contributed by atoms with van der Waals surface area (Å²) >= 11 is 0. The molecule has 1 heterocycles. The van der Waals surface area contributed by atoms with Gasteiger partial charge in [0.15, 0.2) is 0 Å². The fraction of sp³-hybridized carbons (Fsp3) is 0.0526. The van der Waals surface area contributed by atoms with Crippen LogP contribution in [0, 0.1) is 5.82 Å². The van der Waals surface area contributed by atoms with Gasteiger partial charge in [-0.15, -0.1) is 0 Å². The van der Waals surface area contributed by atoms with Crippen molar-refractivity contribution in [3.8, 4) is 17.4 Å². The fourth-order valence-corrected chi connectivity index (χ4v) is 2.15. The Morgan fingerprint density at radius 3 is 2.56 bits per heavy atom. The van der Waals surface area contributed by atoms with Crippen molar-refractivity contribution in [2.24, 2.45) is 0 Å². The van der Waals surface area contributed by atoms with Gasteiger partial charge in [-0.05, 0) is 30.3 Å². The largest absolute Gasteiger partial charge is 0.494 e. The average molecular weight is 338 g/mol. The molecule has 0 aliphatic carbocycles. The average Bonchev–Trinajstić information content (AvgIpc) is 2.64. The highest BCUT2D eigenvalue weighted by Crippen LogP contribution is 2.25. The summed E-state index contributed by atoms with van der Waals surface area (Å²) in [6.45, 7) is 0. The molecule has 3 aromatic rings. The molecular formula is C19H15FN2O3. The van der Waals surface area contributed by atoms with Gasteiger partial charge in [0.2, 0.25) is 5.88 Å². The van der Waals surface area contributed by atoms with E-state index in [0.717, 1.165) is 0 Å². The Morgan fingerprint density at radius 1 is 1.08 bits per heavy atom. The lowest BCUT2D eigenvalue weighted by Gasteiger charge is -2.10. The number of rotatable bonds is 5.